The van der Waals surface area contributed by atoms with E-state index in [0.29, 0.717) is 0 Å². The van der Waals surface area contributed by atoms with Crippen molar-refractivity contribution in [3.05, 3.63) is 22.1 Å². The van der Waals surface area contributed by atoms with Gasteiger partial charge in [-0.3, -0.25) is 0 Å². The molecule has 0 aromatic rings. The standard InChI is InChI=1S/C6H12N.C5H5.2ClH.Ti/c7-6-4-2-1-3-5-6;1-2-4-5-3-1;;;/h6-7H,1-5H2;1-3H,4H2;2*1H;/q-1;;;;+1. The number of halogens is 2. The van der Waals surface area contributed by atoms with Crippen LogP contribution in [-0.4, -0.2) is 6.04 Å². The van der Waals surface area contributed by atoms with E-state index in [4.69, 9.17) is 0 Å². The average molecular weight is 284 g/mol. The van der Waals surface area contributed by atoms with Gasteiger partial charge in [0.2, 0.25) is 0 Å². The van der Waals surface area contributed by atoms with Gasteiger partial charge in [-0.1, -0.05) is 0 Å². The minimum absolute atomic E-state index is 0. The molecule has 0 aromatic carbocycles. The molecule has 0 atom stereocenters. The molecule has 1 N–H and O–H groups in total. The van der Waals surface area contributed by atoms with Gasteiger partial charge in [-0.25, -0.2) is 0 Å². The van der Waals surface area contributed by atoms with Crippen molar-refractivity contribution >= 4 is 24.8 Å². The van der Waals surface area contributed by atoms with Gasteiger partial charge in [-0.2, -0.15) is 0 Å². The van der Waals surface area contributed by atoms with E-state index < -0.39 is 0 Å². The van der Waals surface area contributed by atoms with Gasteiger partial charge < -0.3 is 0 Å². The third-order valence-electron chi connectivity index (χ3n) is 2.81. The van der Waals surface area contributed by atoms with E-state index in [0.717, 1.165) is 6.04 Å². The maximum Gasteiger partial charge on any atom is -0.147 e. The smallest absolute Gasteiger partial charge is 0.147 e. The van der Waals surface area contributed by atoms with Gasteiger partial charge >= 0.3 is 89.9 Å². The first-order valence-corrected chi connectivity index (χ1v) is 6.88. The number of hydrogen-bond donors (Lipinski definition) is 1. The Labute approximate surface area is 114 Å². The van der Waals surface area contributed by atoms with Gasteiger partial charge in [0.05, 0.1) is 0 Å². The topological polar surface area (TPSA) is 12.0 Å². The van der Waals surface area contributed by atoms with E-state index >= 15 is 0 Å². The number of allylic oxidation sites excluding steroid dienone is 4. The van der Waals surface area contributed by atoms with Crippen LogP contribution in [0, 0.1) is 0 Å². The third kappa shape index (κ3) is 5.56. The van der Waals surface area contributed by atoms with Crippen LogP contribution in [0.4, 0.5) is 0 Å². The minimum atomic E-state index is 0. The molecule has 86 valence electrons. The van der Waals surface area contributed by atoms with E-state index in [1.54, 1.807) is 3.88 Å². The van der Waals surface area contributed by atoms with Crippen molar-refractivity contribution in [1.29, 1.82) is 0 Å². The van der Waals surface area contributed by atoms with Gasteiger partial charge in [0.1, 0.15) is 0 Å². The largest absolute Gasteiger partial charge is 0.147 e. The predicted octanol–water partition coefficient (Wildman–Crippen LogP) is 3.59. The zero-order chi connectivity index (χ0) is 8.93. The van der Waals surface area contributed by atoms with E-state index in [1.807, 2.05) is 0 Å². The second-order valence-corrected chi connectivity index (χ2v) is 5.77. The Kier molecular flexibility index (Phi) is 9.27. The first kappa shape index (κ1) is 15.7. The van der Waals surface area contributed by atoms with Crippen LogP contribution in [-0.2, 0) is 19.4 Å². The fourth-order valence-electron chi connectivity index (χ4n) is 1.98. The first-order valence-electron chi connectivity index (χ1n) is 5.32. The van der Waals surface area contributed by atoms with Gasteiger partial charge in [0.15, 0.2) is 0 Å². The molecule has 0 bridgehead atoms. The summed E-state index contributed by atoms with van der Waals surface area (Å²) in [5, 5.41) is 0. The Morgan fingerprint density at radius 1 is 1.13 bits per heavy atom. The predicted molar refractivity (Wildman–Crippen MR) is 66.3 cm³/mol. The van der Waals surface area contributed by atoms with E-state index in [2.05, 4.69) is 22.0 Å². The Morgan fingerprint density at radius 3 is 2.47 bits per heavy atom. The molecule has 0 spiro atoms. The molecule has 1 saturated carbocycles. The summed E-state index contributed by atoms with van der Waals surface area (Å²) in [6.45, 7) is 0. The van der Waals surface area contributed by atoms with Crippen molar-refractivity contribution in [2.75, 3.05) is 0 Å². The summed E-state index contributed by atoms with van der Waals surface area (Å²) in [5.41, 5.74) is 0. The fourth-order valence-corrected chi connectivity index (χ4v) is 3.66. The summed E-state index contributed by atoms with van der Waals surface area (Å²) < 4.78 is 5.45. The molecule has 0 amide bonds. The molecule has 15 heavy (non-hydrogen) atoms. The molecule has 0 unspecified atom stereocenters. The Balaban J connectivity index is 0.000000980. The molecule has 1 fully saturated rings. The van der Waals surface area contributed by atoms with Gasteiger partial charge in [0, 0.05) is 0 Å². The molecule has 0 aliphatic heterocycles. The second kappa shape index (κ2) is 8.84. The summed E-state index contributed by atoms with van der Waals surface area (Å²) in [4.78, 5) is 0. The van der Waals surface area contributed by atoms with Crippen molar-refractivity contribution in [2.45, 2.75) is 44.6 Å². The Hall–Kier alpha value is 0.734. The van der Waals surface area contributed by atoms with Crippen LogP contribution in [0.3, 0.4) is 0 Å². The Morgan fingerprint density at radius 2 is 1.87 bits per heavy atom. The van der Waals surface area contributed by atoms with Crippen LogP contribution in [0.25, 0.3) is 0 Å². The van der Waals surface area contributed by atoms with E-state index in [9.17, 15) is 0 Å². The number of hydrogen-bond acceptors (Lipinski definition) is 1. The van der Waals surface area contributed by atoms with Crippen LogP contribution < -0.4 is 3.80 Å². The van der Waals surface area contributed by atoms with Gasteiger partial charge in [-0.15, -0.1) is 24.8 Å². The van der Waals surface area contributed by atoms with E-state index in [1.165, 1.54) is 38.5 Å². The van der Waals surface area contributed by atoms with Crippen LogP contribution in [0.5, 0.6) is 0 Å². The quantitative estimate of drug-likeness (QED) is 0.781. The zero-order valence-electron chi connectivity index (χ0n) is 8.87. The molecular weight excluding hydrogens is 265 g/mol. The van der Waals surface area contributed by atoms with Crippen molar-refractivity contribution in [3.8, 4) is 0 Å². The van der Waals surface area contributed by atoms with Crippen molar-refractivity contribution < 1.29 is 19.4 Å². The van der Waals surface area contributed by atoms with Crippen LogP contribution in [0.15, 0.2) is 22.1 Å². The first-order chi connectivity index (χ1) is 6.45. The number of rotatable bonds is 3. The molecule has 2 aliphatic carbocycles. The van der Waals surface area contributed by atoms with Gasteiger partial charge in [-0.05, 0) is 0 Å². The molecule has 2 rings (SSSR count). The molecule has 2 aliphatic rings. The third-order valence-corrected chi connectivity index (χ3v) is 4.76. The average Bonchev–Trinajstić information content (AvgIpc) is 2.69. The van der Waals surface area contributed by atoms with Crippen LogP contribution in [0.2, 0.25) is 0 Å². The van der Waals surface area contributed by atoms with E-state index in [-0.39, 0.29) is 44.2 Å². The van der Waals surface area contributed by atoms with Crippen LogP contribution >= 0.6 is 24.8 Å². The SMILES string of the molecule is C1=CC[C]([Ti][NH]C2CCCCC2)=C1.Cl.Cl. The number of nitrogens with one attached hydrogen (secondary N) is 1. The summed E-state index contributed by atoms with van der Waals surface area (Å²) in [5.74, 6) is 0. The van der Waals surface area contributed by atoms with Gasteiger partial charge in [0.25, 0.3) is 0 Å². The molecule has 4 heteroatoms. The molecule has 0 radical (unpaired) electrons. The van der Waals surface area contributed by atoms with Crippen molar-refractivity contribution in [1.82, 2.24) is 3.80 Å². The fraction of sp³-hybridized carbons (Fsp3) is 0.636. The zero-order valence-corrected chi connectivity index (χ0v) is 12.1. The normalized spacial score (nSPS) is 20.1. The molecule has 0 heterocycles. The van der Waals surface area contributed by atoms with Crippen LogP contribution in [0.1, 0.15) is 38.5 Å². The molecule has 1 nitrogen and oxygen atoms in total. The summed E-state index contributed by atoms with van der Waals surface area (Å²) in [7, 11) is 0. The maximum atomic E-state index is 3.78. The van der Waals surface area contributed by atoms with Crippen molar-refractivity contribution in [3.63, 3.8) is 0 Å². The van der Waals surface area contributed by atoms with Crippen molar-refractivity contribution in [2.24, 2.45) is 0 Å². The molecule has 0 aromatic heterocycles. The summed E-state index contributed by atoms with van der Waals surface area (Å²) in [6, 6.07) is 0.857. The summed E-state index contributed by atoms with van der Waals surface area (Å²) in [6.07, 6.45) is 15.2. The molecular formula is C11H19Cl2NTi. The molecule has 0 saturated heterocycles. The summed E-state index contributed by atoms with van der Waals surface area (Å²) >= 11 is 0.0132. The second-order valence-electron chi connectivity index (χ2n) is 3.93. The minimum Gasteiger partial charge on any atom is -0.147 e. The maximum absolute atomic E-state index is 3.78. The Bertz CT molecular complexity index is 223. The monoisotopic (exact) mass is 283 g/mol.